The molecule has 3 rings (SSSR count). The lowest BCUT2D eigenvalue weighted by atomic mass is 10.1. The number of amides is 1. The zero-order chi connectivity index (χ0) is 22.4. The van der Waals surface area contributed by atoms with Gasteiger partial charge in [0, 0.05) is 6.07 Å². The fourth-order valence-electron chi connectivity index (χ4n) is 3.05. The van der Waals surface area contributed by atoms with Gasteiger partial charge in [-0.2, -0.15) is 0 Å². The van der Waals surface area contributed by atoms with Crippen LogP contribution in [0.15, 0.2) is 83.8 Å². The minimum atomic E-state index is -4.01. The van der Waals surface area contributed by atoms with Crippen LogP contribution in [0.1, 0.15) is 18.5 Å². The Kier molecular flexibility index (Phi) is 6.91. The molecule has 31 heavy (non-hydrogen) atoms. The van der Waals surface area contributed by atoms with E-state index in [1.54, 1.807) is 61.5 Å². The van der Waals surface area contributed by atoms with Gasteiger partial charge in [0.1, 0.15) is 18.1 Å². The second-order valence-electron chi connectivity index (χ2n) is 6.87. The van der Waals surface area contributed by atoms with Crippen LogP contribution in [0, 0.1) is 5.82 Å². The van der Waals surface area contributed by atoms with E-state index in [-0.39, 0.29) is 10.7 Å². The molecule has 0 radical (unpaired) electrons. The normalized spacial score (nSPS) is 12.1. The molecule has 0 aliphatic rings. The van der Waals surface area contributed by atoms with Gasteiger partial charge < -0.3 is 10.1 Å². The van der Waals surface area contributed by atoms with Crippen molar-refractivity contribution in [3.8, 4) is 5.75 Å². The number of rotatable bonds is 8. The smallest absolute Gasteiger partial charge is 0.264 e. The Morgan fingerprint density at radius 1 is 1.03 bits per heavy atom. The monoisotopic (exact) mass is 442 g/mol. The van der Waals surface area contributed by atoms with Crippen molar-refractivity contribution in [2.24, 2.45) is 0 Å². The molecule has 162 valence electrons. The Morgan fingerprint density at radius 2 is 1.71 bits per heavy atom. The Morgan fingerprint density at radius 3 is 2.35 bits per heavy atom. The molecule has 0 bridgehead atoms. The van der Waals surface area contributed by atoms with E-state index in [4.69, 9.17) is 4.74 Å². The van der Waals surface area contributed by atoms with Crippen molar-refractivity contribution in [3.05, 3.63) is 90.2 Å². The minimum absolute atomic E-state index is 0.0669. The van der Waals surface area contributed by atoms with Crippen LogP contribution in [0.5, 0.6) is 5.75 Å². The molecule has 1 atom stereocenters. The second-order valence-corrected chi connectivity index (χ2v) is 8.73. The number of carbonyl (C=O) groups is 1. The molecule has 0 aromatic heterocycles. The largest absolute Gasteiger partial charge is 0.497 e. The molecule has 0 unspecified atom stereocenters. The van der Waals surface area contributed by atoms with Crippen LogP contribution in [0.4, 0.5) is 10.1 Å². The molecule has 0 fully saturated rings. The first-order chi connectivity index (χ1) is 14.8. The highest BCUT2D eigenvalue weighted by Gasteiger charge is 2.28. The summed E-state index contributed by atoms with van der Waals surface area (Å²) in [5.74, 6) is -0.412. The van der Waals surface area contributed by atoms with Gasteiger partial charge in [-0.05, 0) is 48.9 Å². The van der Waals surface area contributed by atoms with E-state index in [1.807, 2.05) is 0 Å². The van der Waals surface area contributed by atoms with Crippen molar-refractivity contribution in [1.29, 1.82) is 0 Å². The number of nitrogens with one attached hydrogen (secondary N) is 1. The third kappa shape index (κ3) is 5.40. The molecule has 3 aromatic rings. The standard InChI is InChI=1S/C23H23FN2O4S/c1-17(18-11-13-19(24)14-12-18)25-23(27)16-26(20-7-6-8-21(15-20)30-2)31(28,29)22-9-4-3-5-10-22/h3-15,17H,16H2,1-2H3,(H,25,27)/t17-/m1/s1. The quantitative estimate of drug-likeness (QED) is 0.574. The summed E-state index contributed by atoms with van der Waals surface area (Å²) in [7, 11) is -2.53. The highest BCUT2D eigenvalue weighted by molar-refractivity contribution is 7.92. The summed E-state index contributed by atoms with van der Waals surface area (Å²) in [6.45, 7) is 1.31. The molecule has 0 saturated carbocycles. The van der Waals surface area contributed by atoms with Gasteiger partial charge in [-0.15, -0.1) is 0 Å². The molecular formula is C23H23FN2O4S. The van der Waals surface area contributed by atoms with Crippen LogP contribution in [0.25, 0.3) is 0 Å². The molecule has 0 saturated heterocycles. The minimum Gasteiger partial charge on any atom is -0.497 e. The van der Waals surface area contributed by atoms with Crippen LogP contribution in [-0.2, 0) is 14.8 Å². The summed E-state index contributed by atoms with van der Waals surface area (Å²) >= 11 is 0. The van der Waals surface area contributed by atoms with E-state index in [9.17, 15) is 17.6 Å². The van der Waals surface area contributed by atoms with Gasteiger partial charge >= 0.3 is 0 Å². The Labute approximate surface area is 181 Å². The number of sulfonamides is 1. The van der Waals surface area contributed by atoms with E-state index >= 15 is 0 Å². The number of hydrogen-bond acceptors (Lipinski definition) is 4. The predicted octanol–water partition coefficient (Wildman–Crippen LogP) is 3.91. The van der Waals surface area contributed by atoms with Crippen molar-refractivity contribution < 1.29 is 22.3 Å². The number of halogens is 1. The van der Waals surface area contributed by atoms with Gasteiger partial charge in [-0.1, -0.05) is 36.4 Å². The maximum Gasteiger partial charge on any atom is 0.264 e. The zero-order valence-electron chi connectivity index (χ0n) is 17.2. The Hall–Kier alpha value is -3.39. The molecule has 1 N–H and O–H groups in total. The van der Waals surface area contributed by atoms with Crippen LogP contribution in [0.3, 0.4) is 0 Å². The van der Waals surface area contributed by atoms with Crippen molar-refractivity contribution >= 4 is 21.6 Å². The van der Waals surface area contributed by atoms with E-state index in [0.717, 1.165) is 4.31 Å². The summed E-state index contributed by atoms with van der Waals surface area (Å²) in [6, 6.07) is 19.7. The van der Waals surface area contributed by atoms with Crippen molar-refractivity contribution in [2.45, 2.75) is 17.9 Å². The third-order valence-corrected chi connectivity index (χ3v) is 6.50. The van der Waals surface area contributed by atoms with Crippen LogP contribution in [-0.4, -0.2) is 28.0 Å². The average molecular weight is 443 g/mol. The number of anilines is 1. The van der Waals surface area contributed by atoms with Gasteiger partial charge in [-0.25, -0.2) is 12.8 Å². The van der Waals surface area contributed by atoms with Gasteiger partial charge in [0.15, 0.2) is 0 Å². The fourth-order valence-corrected chi connectivity index (χ4v) is 4.49. The number of benzene rings is 3. The summed E-state index contributed by atoms with van der Waals surface area (Å²) in [5, 5.41) is 2.77. The number of methoxy groups -OCH3 is 1. The molecular weight excluding hydrogens is 419 g/mol. The average Bonchev–Trinajstić information content (AvgIpc) is 2.78. The van der Waals surface area contributed by atoms with E-state index < -0.39 is 28.5 Å². The van der Waals surface area contributed by atoms with Gasteiger partial charge in [0.05, 0.1) is 23.7 Å². The lowest BCUT2D eigenvalue weighted by Crippen LogP contribution is -2.41. The number of hydrogen-bond donors (Lipinski definition) is 1. The summed E-state index contributed by atoms with van der Waals surface area (Å²) < 4.78 is 46.1. The first-order valence-electron chi connectivity index (χ1n) is 9.58. The Balaban J connectivity index is 1.89. The van der Waals surface area contributed by atoms with Gasteiger partial charge in [0.25, 0.3) is 10.0 Å². The van der Waals surface area contributed by atoms with Crippen molar-refractivity contribution in [2.75, 3.05) is 18.0 Å². The van der Waals surface area contributed by atoms with Crippen molar-refractivity contribution in [3.63, 3.8) is 0 Å². The highest BCUT2D eigenvalue weighted by atomic mass is 32.2. The number of ether oxygens (including phenoxy) is 1. The number of nitrogens with zero attached hydrogens (tertiary/aromatic N) is 1. The van der Waals surface area contributed by atoms with Crippen LogP contribution < -0.4 is 14.4 Å². The van der Waals surface area contributed by atoms with Gasteiger partial charge in [0.2, 0.25) is 5.91 Å². The Bertz CT molecular complexity index is 1140. The SMILES string of the molecule is COc1cccc(N(CC(=O)N[C@H](C)c2ccc(F)cc2)S(=O)(=O)c2ccccc2)c1. The lowest BCUT2D eigenvalue weighted by Gasteiger charge is -2.25. The first kappa shape index (κ1) is 22.3. The topological polar surface area (TPSA) is 75.7 Å². The van der Waals surface area contributed by atoms with Gasteiger partial charge in [-0.3, -0.25) is 9.10 Å². The molecule has 0 heterocycles. The van der Waals surface area contributed by atoms with E-state index in [2.05, 4.69) is 5.32 Å². The fraction of sp³-hybridized carbons (Fsp3) is 0.174. The van der Waals surface area contributed by atoms with Crippen molar-refractivity contribution in [1.82, 2.24) is 5.32 Å². The first-order valence-corrected chi connectivity index (χ1v) is 11.0. The lowest BCUT2D eigenvalue weighted by molar-refractivity contribution is -0.120. The molecule has 0 aliphatic heterocycles. The molecule has 6 nitrogen and oxygen atoms in total. The van der Waals surface area contributed by atoms with E-state index in [0.29, 0.717) is 17.0 Å². The predicted molar refractivity (Wildman–Crippen MR) is 117 cm³/mol. The summed E-state index contributed by atoms with van der Waals surface area (Å²) in [6.07, 6.45) is 0. The molecule has 0 aliphatic carbocycles. The maximum atomic E-state index is 13.3. The summed E-state index contributed by atoms with van der Waals surface area (Å²) in [4.78, 5) is 12.9. The number of carbonyl (C=O) groups excluding carboxylic acids is 1. The van der Waals surface area contributed by atoms with Crippen LogP contribution in [0.2, 0.25) is 0 Å². The van der Waals surface area contributed by atoms with E-state index in [1.165, 1.54) is 31.4 Å². The molecule has 0 spiro atoms. The van der Waals surface area contributed by atoms with Crippen LogP contribution >= 0.6 is 0 Å². The summed E-state index contributed by atoms with van der Waals surface area (Å²) in [5.41, 5.74) is 1.00. The zero-order valence-corrected chi connectivity index (χ0v) is 18.0. The molecule has 8 heteroatoms. The maximum absolute atomic E-state index is 13.3. The second kappa shape index (κ2) is 9.61. The highest BCUT2D eigenvalue weighted by Crippen LogP contribution is 2.27. The molecule has 1 amide bonds. The third-order valence-electron chi connectivity index (χ3n) is 4.71. The molecule has 3 aromatic carbocycles.